The van der Waals surface area contributed by atoms with Gasteiger partial charge in [0.1, 0.15) is 5.75 Å². The van der Waals surface area contributed by atoms with E-state index in [1.165, 1.54) is 0 Å². The molecule has 0 saturated heterocycles. The van der Waals surface area contributed by atoms with Crippen molar-refractivity contribution in [3.8, 4) is 5.75 Å². The van der Waals surface area contributed by atoms with E-state index in [-0.39, 0.29) is 11.4 Å². The minimum Gasteiger partial charge on any atom is -0.496 e. The molecule has 106 valence electrons. The summed E-state index contributed by atoms with van der Waals surface area (Å²) < 4.78 is 5.24. The Morgan fingerprint density at radius 2 is 2.00 bits per heavy atom. The first-order chi connectivity index (χ1) is 9.01. The van der Waals surface area contributed by atoms with Crippen LogP contribution in [0.2, 0.25) is 0 Å². The number of nitrogens with two attached hydrogens (primary N) is 1. The SMILES string of the molecule is CCC(CC)(CN)NC(=O)c1cc(C)ccc1OC. The zero-order chi connectivity index (χ0) is 14.5. The van der Waals surface area contributed by atoms with Gasteiger partial charge in [0.05, 0.1) is 18.2 Å². The van der Waals surface area contributed by atoms with Gasteiger partial charge in [0.25, 0.3) is 5.91 Å². The number of rotatable bonds is 6. The van der Waals surface area contributed by atoms with Crippen molar-refractivity contribution in [3.05, 3.63) is 29.3 Å². The smallest absolute Gasteiger partial charge is 0.255 e. The number of carbonyl (C=O) groups is 1. The molecule has 1 aromatic carbocycles. The molecular weight excluding hydrogens is 240 g/mol. The number of nitrogens with one attached hydrogen (secondary N) is 1. The molecule has 0 spiro atoms. The van der Waals surface area contributed by atoms with E-state index in [1.807, 2.05) is 39.0 Å². The summed E-state index contributed by atoms with van der Waals surface area (Å²) >= 11 is 0. The van der Waals surface area contributed by atoms with E-state index in [2.05, 4.69) is 5.32 Å². The molecule has 4 heteroatoms. The Hall–Kier alpha value is -1.55. The van der Waals surface area contributed by atoms with Crippen LogP contribution < -0.4 is 15.8 Å². The van der Waals surface area contributed by atoms with Crippen molar-refractivity contribution in [3.63, 3.8) is 0 Å². The van der Waals surface area contributed by atoms with Crippen LogP contribution in [0, 0.1) is 6.92 Å². The molecule has 0 heterocycles. The molecule has 1 rings (SSSR count). The van der Waals surface area contributed by atoms with Crippen LogP contribution in [0.3, 0.4) is 0 Å². The van der Waals surface area contributed by atoms with Gasteiger partial charge < -0.3 is 15.8 Å². The van der Waals surface area contributed by atoms with Crippen LogP contribution in [0.4, 0.5) is 0 Å². The van der Waals surface area contributed by atoms with Crippen LogP contribution >= 0.6 is 0 Å². The van der Waals surface area contributed by atoms with Crippen molar-refractivity contribution in [2.24, 2.45) is 5.73 Å². The van der Waals surface area contributed by atoms with Gasteiger partial charge in [0.15, 0.2) is 0 Å². The van der Waals surface area contributed by atoms with Crippen molar-refractivity contribution < 1.29 is 9.53 Å². The van der Waals surface area contributed by atoms with E-state index >= 15 is 0 Å². The molecule has 0 aliphatic rings. The van der Waals surface area contributed by atoms with E-state index in [4.69, 9.17) is 10.5 Å². The Labute approximate surface area is 115 Å². The third-order valence-corrected chi connectivity index (χ3v) is 3.72. The fraction of sp³-hybridized carbons (Fsp3) is 0.533. The quantitative estimate of drug-likeness (QED) is 0.828. The highest BCUT2D eigenvalue weighted by atomic mass is 16.5. The summed E-state index contributed by atoms with van der Waals surface area (Å²) in [4.78, 5) is 12.4. The average Bonchev–Trinajstić information content (AvgIpc) is 2.44. The molecule has 0 unspecified atom stereocenters. The van der Waals surface area contributed by atoms with E-state index in [9.17, 15) is 4.79 Å². The van der Waals surface area contributed by atoms with Crippen LogP contribution in [0.15, 0.2) is 18.2 Å². The van der Waals surface area contributed by atoms with E-state index in [1.54, 1.807) is 7.11 Å². The molecule has 0 aliphatic heterocycles. The van der Waals surface area contributed by atoms with Crippen molar-refractivity contribution in [2.75, 3.05) is 13.7 Å². The lowest BCUT2D eigenvalue weighted by atomic mass is 9.92. The Morgan fingerprint density at radius 1 is 1.37 bits per heavy atom. The molecule has 0 bridgehead atoms. The minimum absolute atomic E-state index is 0.130. The number of benzene rings is 1. The van der Waals surface area contributed by atoms with Crippen LogP contribution in [0.5, 0.6) is 5.75 Å². The normalized spacial score (nSPS) is 11.2. The van der Waals surface area contributed by atoms with Gasteiger partial charge in [-0.05, 0) is 31.9 Å². The van der Waals surface area contributed by atoms with Crippen molar-refractivity contribution in [2.45, 2.75) is 39.2 Å². The topological polar surface area (TPSA) is 64.3 Å². The summed E-state index contributed by atoms with van der Waals surface area (Å²) in [6.07, 6.45) is 1.61. The Bertz CT molecular complexity index is 432. The molecule has 4 nitrogen and oxygen atoms in total. The van der Waals surface area contributed by atoms with Crippen LogP contribution in [-0.4, -0.2) is 25.1 Å². The highest BCUT2D eigenvalue weighted by molar-refractivity contribution is 5.97. The Morgan fingerprint density at radius 3 is 2.47 bits per heavy atom. The maximum atomic E-state index is 12.4. The number of hydrogen-bond acceptors (Lipinski definition) is 3. The molecule has 0 aliphatic carbocycles. The molecule has 0 fully saturated rings. The second-order valence-corrected chi connectivity index (χ2v) is 4.85. The lowest BCUT2D eigenvalue weighted by Gasteiger charge is -2.31. The number of amides is 1. The fourth-order valence-corrected chi connectivity index (χ4v) is 2.07. The first-order valence-electron chi connectivity index (χ1n) is 6.69. The predicted molar refractivity (Wildman–Crippen MR) is 77.6 cm³/mol. The lowest BCUT2D eigenvalue weighted by molar-refractivity contribution is 0.0892. The van der Waals surface area contributed by atoms with Gasteiger partial charge in [0.2, 0.25) is 0 Å². The monoisotopic (exact) mass is 264 g/mol. The average molecular weight is 264 g/mol. The molecule has 1 aromatic rings. The molecule has 0 atom stereocenters. The third kappa shape index (κ3) is 3.47. The number of ether oxygens (including phenoxy) is 1. The molecule has 19 heavy (non-hydrogen) atoms. The standard InChI is InChI=1S/C15H24N2O2/c1-5-15(6-2,10-16)17-14(18)12-9-11(3)7-8-13(12)19-4/h7-9H,5-6,10,16H2,1-4H3,(H,17,18). The molecule has 0 saturated carbocycles. The summed E-state index contributed by atoms with van der Waals surface area (Å²) in [6.45, 7) is 6.44. The number of methoxy groups -OCH3 is 1. The number of hydrogen-bond donors (Lipinski definition) is 2. The van der Waals surface area contributed by atoms with Gasteiger partial charge in [-0.1, -0.05) is 25.5 Å². The predicted octanol–water partition coefficient (Wildman–Crippen LogP) is 2.25. The lowest BCUT2D eigenvalue weighted by Crippen LogP contribution is -2.52. The number of aryl methyl sites for hydroxylation is 1. The van der Waals surface area contributed by atoms with Crippen LogP contribution in [-0.2, 0) is 0 Å². The summed E-state index contributed by atoms with van der Waals surface area (Å²) in [5, 5.41) is 3.05. The molecule has 0 radical (unpaired) electrons. The van der Waals surface area contributed by atoms with E-state index < -0.39 is 0 Å². The highest BCUT2D eigenvalue weighted by Gasteiger charge is 2.27. The largest absolute Gasteiger partial charge is 0.496 e. The molecular formula is C15H24N2O2. The third-order valence-electron chi connectivity index (χ3n) is 3.72. The fourth-order valence-electron chi connectivity index (χ4n) is 2.07. The van der Waals surface area contributed by atoms with Crippen LogP contribution in [0.1, 0.15) is 42.6 Å². The summed E-state index contributed by atoms with van der Waals surface area (Å²) in [6, 6.07) is 5.57. The summed E-state index contributed by atoms with van der Waals surface area (Å²) in [5.41, 5.74) is 7.05. The summed E-state index contributed by atoms with van der Waals surface area (Å²) in [5.74, 6) is 0.455. The van der Waals surface area contributed by atoms with Gasteiger partial charge in [-0.3, -0.25) is 4.79 Å². The van der Waals surface area contributed by atoms with Crippen LogP contribution in [0.25, 0.3) is 0 Å². The number of carbonyl (C=O) groups excluding carboxylic acids is 1. The first kappa shape index (κ1) is 15.5. The van der Waals surface area contributed by atoms with E-state index in [0.717, 1.165) is 18.4 Å². The first-order valence-corrected chi connectivity index (χ1v) is 6.69. The van der Waals surface area contributed by atoms with Gasteiger partial charge in [0, 0.05) is 6.54 Å². The maximum absolute atomic E-state index is 12.4. The van der Waals surface area contributed by atoms with Crippen molar-refractivity contribution in [1.82, 2.24) is 5.32 Å². The van der Waals surface area contributed by atoms with Gasteiger partial charge in [-0.15, -0.1) is 0 Å². The van der Waals surface area contributed by atoms with E-state index in [0.29, 0.717) is 17.9 Å². The zero-order valence-corrected chi connectivity index (χ0v) is 12.2. The molecule has 0 aromatic heterocycles. The minimum atomic E-state index is -0.341. The molecule has 1 amide bonds. The summed E-state index contributed by atoms with van der Waals surface area (Å²) in [7, 11) is 1.57. The maximum Gasteiger partial charge on any atom is 0.255 e. The van der Waals surface area contributed by atoms with Gasteiger partial charge >= 0.3 is 0 Å². The van der Waals surface area contributed by atoms with Gasteiger partial charge in [-0.2, -0.15) is 0 Å². The zero-order valence-electron chi connectivity index (χ0n) is 12.2. The highest BCUT2D eigenvalue weighted by Crippen LogP contribution is 2.21. The van der Waals surface area contributed by atoms with Crippen molar-refractivity contribution >= 4 is 5.91 Å². The second-order valence-electron chi connectivity index (χ2n) is 4.85. The Balaban J connectivity index is 3.03. The molecule has 3 N–H and O–H groups in total. The second kappa shape index (κ2) is 6.57. The van der Waals surface area contributed by atoms with Crippen molar-refractivity contribution in [1.29, 1.82) is 0 Å². The van der Waals surface area contributed by atoms with Gasteiger partial charge in [-0.25, -0.2) is 0 Å². The Kier molecular flexibility index (Phi) is 5.36.